The highest BCUT2D eigenvalue weighted by Gasteiger charge is 2.35. The number of hydrogen-bond acceptors (Lipinski definition) is 4. The van der Waals surface area contributed by atoms with Gasteiger partial charge in [-0.2, -0.15) is 4.39 Å². The van der Waals surface area contributed by atoms with E-state index in [1.165, 1.54) is 12.3 Å². The Balaban J connectivity index is 1.46. The first kappa shape index (κ1) is 14.4. The van der Waals surface area contributed by atoms with Crippen LogP contribution in [-0.2, 0) is 0 Å². The first-order valence-corrected chi connectivity index (χ1v) is 7.94. The molecule has 0 aromatic carbocycles. The molecule has 23 heavy (non-hydrogen) atoms. The van der Waals surface area contributed by atoms with Gasteiger partial charge in [-0.15, -0.1) is 0 Å². The Morgan fingerprint density at radius 2 is 2.09 bits per heavy atom. The zero-order chi connectivity index (χ0) is 15.8. The number of pyridine rings is 1. The van der Waals surface area contributed by atoms with Crippen molar-refractivity contribution in [2.45, 2.75) is 18.9 Å². The van der Waals surface area contributed by atoms with Crippen LogP contribution in [0, 0.1) is 11.9 Å². The van der Waals surface area contributed by atoms with Crippen molar-refractivity contribution in [3.63, 3.8) is 0 Å². The van der Waals surface area contributed by atoms with Gasteiger partial charge in [-0.1, -0.05) is 0 Å². The summed E-state index contributed by atoms with van der Waals surface area (Å²) in [7, 11) is 0. The zero-order valence-corrected chi connectivity index (χ0v) is 12.7. The van der Waals surface area contributed by atoms with E-state index in [2.05, 4.69) is 15.2 Å². The number of fused-ring (bicyclic) bond motifs is 3. The van der Waals surface area contributed by atoms with Gasteiger partial charge in [-0.25, -0.2) is 4.98 Å². The van der Waals surface area contributed by atoms with Crippen molar-refractivity contribution in [1.82, 2.24) is 15.2 Å². The number of carbonyl (C=O) groups excluding carboxylic acids is 1. The van der Waals surface area contributed by atoms with Gasteiger partial charge in [-0.3, -0.25) is 4.79 Å². The van der Waals surface area contributed by atoms with Gasteiger partial charge in [0.1, 0.15) is 5.76 Å². The molecule has 2 bridgehead atoms. The smallest absolute Gasteiger partial charge is 0.287 e. The third kappa shape index (κ3) is 2.86. The molecule has 0 radical (unpaired) electrons. The number of furan rings is 1. The topological polar surface area (TPSA) is 58.4 Å². The summed E-state index contributed by atoms with van der Waals surface area (Å²) in [5.74, 6) is 0.628. The molecule has 2 aromatic heterocycles. The number of rotatable bonds is 3. The van der Waals surface area contributed by atoms with Crippen molar-refractivity contribution in [2.24, 2.45) is 5.92 Å². The third-order valence-corrected chi connectivity index (χ3v) is 4.81. The molecule has 5 nitrogen and oxygen atoms in total. The van der Waals surface area contributed by atoms with Crippen molar-refractivity contribution in [1.29, 1.82) is 0 Å². The van der Waals surface area contributed by atoms with Crippen LogP contribution in [-0.4, -0.2) is 41.5 Å². The van der Waals surface area contributed by atoms with Crippen molar-refractivity contribution in [2.75, 3.05) is 19.6 Å². The molecule has 1 amide bonds. The van der Waals surface area contributed by atoms with Gasteiger partial charge in [0.25, 0.3) is 5.91 Å². The molecule has 1 unspecified atom stereocenters. The van der Waals surface area contributed by atoms with E-state index in [4.69, 9.17) is 4.42 Å². The zero-order valence-electron chi connectivity index (χ0n) is 12.7. The Hall–Kier alpha value is -2.21. The van der Waals surface area contributed by atoms with E-state index in [0.29, 0.717) is 17.2 Å². The van der Waals surface area contributed by atoms with Crippen molar-refractivity contribution < 1.29 is 13.6 Å². The largest absolute Gasteiger partial charge is 0.451 e. The van der Waals surface area contributed by atoms with E-state index >= 15 is 0 Å². The standard InChI is InChI=1S/C17H18FN3O2/c18-16-4-1-12(9-19-16)14-2-3-15(23-14)17(22)20-13-10-21-7-5-11(13)6-8-21/h1-4,9,11,13H,5-8,10H2,(H,20,22). The summed E-state index contributed by atoms with van der Waals surface area (Å²) in [6.45, 7) is 3.20. The predicted molar refractivity (Wildman–Crippen MR) is 82.3 cm³/mol. The fourth-order valence-corrected chi connectivity index (χ4v) is 3.50. The monoisotopic (exact) mass is 315 g/mol. The molecular weight excluding hydrogens is 297 g/mol. The van der Waals surface area contributed by atoms with Crippen molar-refractivity contribution in [3.05, 3.63) is 42.2 Å². The van der Waals surface area contributed by atoms with E-state index < -0.39 is 5.95 Å². The summed E-state index contributed by atoms with van der Waals surface area (Å²) >= 11 is 0. The van der Waals surface area contributed by atoms with Gasteiger partial charge in [0.15, 0.2) is 5.76 Å². The van der Waals surface area contributed by atoms with E-state index in [0.717, 1.165) is 32.5 Å². The minimum atomic E-state index is -0.541. The van der Waals surface area contributed by atoms with Gasteiger partial charge in [0, 0.05) is 24.3 Å². The molecule has 3 saturated heterocycles. The van der Waals surface area contributed by atoms with Crippen LogP contribution in [0.3, 0.4) is 0 Å². The molecule has 5 heterocycles. The minimum Gasteiger partial charge on any atom is -0.451 e. The number of piperidine rings is 3. The number of aromatic nitrogens is 1. The molecule has 3 aliphatic heterocycles. The molecule has 5 rings (SSSR count). The molecule has 0 spiro atoms. The predicted octanol–water partition coefficient (Wildman–Crippen LogP) is 2.30. The Kier molecular flexibility index (Phi) is 3.61. The Bertz CT molecular complexity index is 705. The number of amides is 1. The third-order valence-electron chi connectivity index (χ3n) is 4.81. The summed E-state index contributed by atoms with van der Waals surface area (Å²) in [5.41, 5.74) is 0.647. The number of halogens is 1. The summed E-state index contributed by atoms with van der Waals surface area (Å²) < 4.78 is 18.5. The molecule has 1 N–H and O–H groups in total. The summed E-state index contributed by atoms with van der Waals surface area (Å²) in [4.78, 5) is 18.4. The average molecular weight is 315 g/mol. The van der Waals surface area contributed by atoms with Crippen LogP contribution in [0.1, 0.15) is 23.4 Å². The molecule has 3 fully saturated rings. The SMILES string of the molecule is O=C(NC1CN2CCC1CC2)c1ccc(-c2ccc(F)nc2)o1. The Morgan fingerprint density at radius 3 is 2.74 bits per heavy atom. The normalized spacial score (nSPS) is 26.2. The van der Waals surface area contributed by atoms with E-state index in [1.807, 2.05) is 0 Å². The fraction of sp³-hybridized carbons (Fsp3) is 0.412. The summed E-state index contributed by atoms with van der Waals surface area (Å²) in [6, 6.07) is 6.41. The fourth-order valence-electron chi connectivity index (χ4n) is 3.50. The van der Waals surface area contributed by atoms with E-state index in [-0.39, 0.29) is 17.7 Å². The van der Waals surface area contributed by atoms with Gasteiger partial charge in [0.2, 0.25) is 5.95 Å². The van der Waals surface area contributed by atoms with Crippen LogP contribution >= 0.6 is 0 Å². The second-order valence-corrected chi connectivity index (χ2v) is 6.25. The Morgan fingerprint density at radius 1 is 1.26 bits per heavy atom. The molecule has 1 atom stereocenters. The highest BCUT2D eigenvalue weighted by atomic mass is 19.1. The van der Waals surface area contributed by atoms with Crippen molar-refractivity contribution >= 4 is 5.91 Å². The van der Waals surface area contributed by atoms with E-state index in [9.17, 15) is 9.18 Å². The lowest BCUT2D eigenvalue weighted by atomic mass is 9.84. The van der Waals surface area contributed by atoms with Crippen LogP contribution in [0.5, 0.6) is 0 Å². The maximum absolute atomic E-state index is 12.9. The number of hydrogen-bond donors (Lipinski definition) is 1. The summed E-state index contributed by atoms with van der Waals surface area (Å²) in [6.07, 6.45) is 3.69. The van der Waals surface area contributed by atoms with Gasteiger partial charge in [-0.05, 0) is 56.1 Å². The first-order chi connectivity index (χ1) is 11.2. The highest BCUT2D eigenvalue weighted by Crippen LogP contribution is 2.28. The summed E-state index contributed by atoms with van der Waals surface area (Å²) in [5, 5.41) is 3.09. The number of nitrogens with one attached hydrogen (secondary N) is 1. The van der Waals surface area contributed by atoms with Crippen LogP contribution < -0.4 is 5.32 Å². The second-order valence-electron chi connectivity index (χ2n) is 6.25. The quantitative estimate of drug-likeness (QED) is 0.883. The minimum absolute atomic E-state index is 0.190. The molecule has 6 heteroatoms. The molecule has 2 aromatic rings. The highest BCUT2D eigenvalue weighted by molar-refractivity contribution is 5.92. The molecule has 0 saturated carbocycles. The van der Waals surface area contributed by atoms with Crippen LogP contribution in [0.4, 0.5) is 4.39 Å². The van der Waals surface area contributed by atoms with Gasteiger partial charge >= 0.3 is 0 Å². The lowest BCUT2D eigenvalue weighted by Crippen LogP contribution is -2.57. The lowest BCUT2D eigenvalue weighted by molar-refractivity contribution is 0.0606. The molecular formula is C17H18FN3O2. The van der Waals surface area contributed by atoms with Crippen LogP contribution in [0.25, 0.3) is 11.3 Å². The first-order valence-electron chi connectivity index (χ1n) is 7.94. The van der Waals surface area contributed by atoms with Gasteiger partial charge < -0.3 is 14.6 Å². The van der Waals surface area contributed by atoms with E-state index in [1.54, 1.807) is 18.2 Å². The van der Waals surface area contributed by atoms with Gasteiger partial charge in [0.05, 0.1) is 0 Å². The average Bonchev–Trinajstić information content (AvgIpc) is 3.07. The number of nitrogens with zero attached hydrogens (tertiary/aromatic N) is 2. The lowest BCUT2D eigenvalue weighted by Gasteiger charge is -2.44. The molecule has 120 valence electrons. The van der Waals surface area contributed by atoms with Crippen molar-refractivity contribution in [3.8, 4) is 11.3 Å². The second kappa shape index (κ2) is 5.77. The Labute approximate surface area is 133 Å². The molecule has 0 aliphatic carbocycles. The van der Waals surface area contributed by atoms with Crippen LogP contribution in [0.2, 0.25) is 0 Å². The number of carbonyl (C=O) groups is 1. The maximum Gasteiger partial charge on any atom is 0.287 e. The van der Waals surface area contributed by atoms with Crippen LogP contribution in [0.15, 0.2) is 34.9 Å². The maximum atomic E-state index is 12.9. The molecule has 3 aliphatic rings.